The van der Waals surface area contributed by atoms with E-state index in [1.807, 2.05) is 12.1 Å². The highest BCUT2D eigenvalue weighted by atomic mass is 16.3. The molecule has 9 aromatic carbocycles. The number of furan rings is 2. The first-order chi connectivity index (χ1) is 27.5. The van der Waals surface area contributed by atoms with Crippen LogP contribution in [0.25, 0.3) is 87.7 Å². The minimum atomic E-state index is -0.168. The quantitative estimate of drug-likeness (QED) is 0.170. The molecular weight excluding hydrogens is 683 g/mol. The molecule has 56 heavy (non-hydrogen) atoms. The first-order valence-corrected chi connectivity index (χ1v) is 19.3. The molecular formula is C53H35NO2. The van der Waals surface area contributed by atoms with E-state index in [-0.39, 0.29) is 5.41 Å². The second-order valence-electron chi connectivity index (χ2n) is 15.6. The Morgan fingerprint density at radius 2 is 1.00 bits per heavy atom. The van der Waals surface area contributed by atoms with Crippen molar-refractivity contribution >= 4 is 82.5 Å². The summed E-state index contributed by atoms with van der Waals surface area (Å²) in [5.74, 6) is 0. The first-order valence-electron chi connectivity index (χ1n) is 19.3. The number of hydrogen-bond donors (Lipinski definition) is 0. The predicted molar refractivity (Wildman–Crippen MR) is 234 cm³/mol. The third kappa shape index (κ3) is 4.34. The van der Waals surface area contributed by atoms with Crippen LogP contribution >= 0.6 is 0 Å². The largest absolute Gasteiger partial charge is 0.456 e. The average molecular weight is 718 g/mol. The van der Waals surface area contributed by atoms with Crippen molar-refractivity contribution < 1.29 is 8.83 Å². The van der Waals surface area contributed by atoms with Gasteiger partial charge in [-0.15, -0.1) is 0 Å². The van der Waals surface area contributed by atoms with Gasteiger partial charge in [-0.3, -0.25) is 0 Å². The van der Waals surface area contributed by atoms with Crippen LogP contribution in [0.1, 0.15) is 25.0 Å². The van der Waals surface area contributed by atoms with Crippen LogP contribution in [0.2, 0.25) is 0 Å². The summed E-state index contributed by atoms with van der Waals surface area (Å²) in [5, 5.41) is 9.28. The summed E-state index contributed by atoms with van der Waals surface area (Å²) < 4.78 is 13.2. The maximum absolute atomic E-state index is 6.64. The minimum absolute atomic E-state index is 0.168. The van der Waals surface area contributed by atoms with Gasteiger partial charge in [-0.2, -0.15) is 0 Å². The smallest absolute Gasteiger partial charge is 0.137 e. The van der Waals surface area contributed by atoms with Crippen molar-refractivity contribution in [1.82, 2.24) is 0 Å². The molecule has 0 atom stereocenters. The van der Waals surface area contributed by atoms with Gasteiger partial charge in [0.15, 0.2) is 0 Å². The van der Waals surface area contributed by atoms with E-state index >= 15 is 0 Å². The monoisotopic (exact) mass is 717 g/mol. The lowest BCUT2D eigenvalue weighted by molar-refractivity contribution is 0.660. The summed E-state index contributed by atoms with van der Waals surface area (Å²) in [6.07, 6.45) is 0. The molecule has 0 bridgehead atoms. The summed E-state index contributed by atoms with van der Waals surface area (Å²) in [6.45, 7) is 4.70. The molecule has 0 aliphatic heterocycles. The fourth-order valence-electron chi connectivity index (χ4n) is 9.64. The highest BCUT2D eigenvalue weighted by Crippen LogP contribution is 2.53. The molecule has 12 rings (SSSR count). The minimum Gasteiger partial charge on any atom is -0.456 e. The van der Waals surface area contributed by atoms with Crippen LogP contribution in [0.4, 0.5) is 17.1 Å². The van der Waals surface area contributed by atoms with Gasteiger partial charge >= 0.3 is 0 Å². The SMILES string of the molecule is CC1(C)c2ccccc2-c2ccc(N(c3ccc4c(c3)oc3ccccc34)c3ccc4oc5ccccc5c4c3-c3cc4ccccc4c4ccccc34)cc21. The van der Waals surface area contributed by atoms with Crippen molar-refractivity contribution in [2.24, 2.45) is 0 Å². The summed E-state index contributed by atoms with van der Waals surface area (Å²) in [4.78, 5) is 2.44. The van der Waals surface area contributed by atoms with Crippen molar-refractivity contribution in [3.63, 3.8) is 0 Å². The lowest BCUT2D eigenvalue weighted by Crippen LogP contribution is -2.17. The molecule has 0 saturated carbocycles. The first kappa shape index (κ1) is 31.3. The molecule has 2 aromatic heterocycles. The van der Waals surface area contributed by atoms with Crippen LogP contribution in [0.15, 0.2) is 185 Å². The molecule has 0 radical (unpaired) electrons. The van der Waals surface area contributed by atoms with Crippen molar-refractivity contribution in [3.05, 3.63) is 187 Å². The molecule has 0 N–H and O–H groups in total. The molecule has 0 saturated heterocycles. The Morgan fingerprint density at radius 1 is 0.393 bits per heavy atom. The normalized spacial score (nSPS) is 13.3. The van der Waals surface area contributed by atoms with Gasteiger partial charge in [-0.1, -0.05) is 129 Å². The molecule has 2 heterocycles. The van der Waals surface area contributed by atoms with E-state index in [1.54, 1.807) is 0 Å². The summed E-state index contributed by atoms with van der Waals surface area (Å²) in [5.41, 5.74) is 14.0. The van der Waals surface area contributed by atoms with Crippen LogP contribution < -0.4 is 4.90 Å². The van der Waals surface area contributed by atoms with E-state index in [9.17, 15) is 0 Å². The Balaban J connectivity index is 1.21. The van der Waals surface area contributed by atoms with Gasteiger partial charge < -0.3 is 13.7 Å². The number of fused-ring (bicyclic) bond motifs is 12. The number of nitrogens with zero attached hydrogens (tertiary/aromatic N) is 1. The predicted octanol–water partition coefficient (Wildman–Crippen LogP) is 15.2. The van der Waals surface area contributed by atoms with Gasteiger partial charge in [0.2, 0.25) is 0 Å². The lowest BCUT2D eigenvalue weighted by Gasteiger charge is -2.30. The van der Waals surface area contributed by atoms with Crippen molar-refractivity contribution in [3.8, 4) is 22.3 Å². The highest BCUT2D eigenvalue weighted by molar-refractivity contribution is 6.23. The number of rotatable bonds is 4. The molecule has 1 aliphatic carbocycles. The Labute approximate surface area is 323 Å². The maximum atomic E-state index is 6.64. The van der Waals surface area contributed by atoms with Gasteiger partial charge in [0.25, 0.3) is 0 Å². The fourth-order valence-corrected chi connectivity index (χ4v) is 9.64. The van der Waals surface area contributed by atoms with Gasteiger partial charge in [0.05, 0.1) is 5.69 Å². The zero-order valence-corrected chi connectivity index (χ0v) is 31.0. The molecule has 0 fully saturated rings. The summed E-state index contributed by atoms with van der Waals surface area (Å²) >= 11 is 0. The molecule has 11 aromatic rings. The van der Waals surface area contributed by atoms with Crippen LogP contribution in [-0.4, -0.2) is 0 Å². The van der Waals surface area contributed by atoms with E-state index in [2.05, 4.69) is 183 Å². The number of anilines is 3. The number of benzene rings is 9. The average Bonchev–Trinajstić information content (AvgIpc) is 3.88. The van der Waals surface area contributed by atoms with Gasteiger partial charge in [0.1, 0.15) is 22.3 Å². The molecule has 264 valence electrons. The lowest BCUT2D eigenvalue weighted by atomic mass is 9.82. The molecule has 3 heteroatoms. The van der Waals surface area contributed by atoms with Gasteiger partial charge in [0, 0.05) is 50.0 Å². The van der Waals surface area contributed by atoms with E-state index in [4.69, 9.17) is 8.83 Å². The Morgan fingerprint density at radius 3 is 1.86 bits per heavy atom. The summed E-state index contributed by atoms with van der Waals surface area (Å²) in [6, 6.07) is 63.6. The van der Waals surface area contributed by atoms with Gasteiger partial charge in [-0.25, -0.2) is 0 Å². The Kier molecular flexibility index (Phi) is 6.40. The topological polar surface area (TPSA) is 29.5 Å². The zero-order chi connectivity index (χ0) is 37.1. The van der Waals surface area contributed by atoms with E-state index in [0.717, 1.165) is 72.1 Å². The van der Waals surface area contributed by atoms with Crippen molar-refractivity contribution in [1.29, 1.82) is 0 Å². The molecule has 1 aliphatic rings. The van der Waals surface area contributed by atoms with Crippen LogP contribution in [0, 0.1) is 0 Å². The third-order valence-electron chi connectivity index (χ3n) is 12.2. The third-order valence-corrected chi connectivity index (χ3v) is 12.2. The molecule has 0 amide bonds. The molecule has 0 unspecified atom stereocenters. The maximum Gasteiger partial charge on any atom is 0.137 e. The number of para-hydroxylation sites is 2. The fraction of sp³-hybridized carbons (Fsp3) is 0.0566. The standard InChI is InChI=1S/C53H35NO2/c1-53(2)44-20-10-7-17-38(44)39-25-23-33(30-45(39)53)54(34-24-26-41-40-18-8-11-21-47(40)56-50(41)31-34)46-27-28-49-52(42-19-9-12-22-48(42)55-49)51(46)43-29-32-13-3-4-14-35(32)36-15-5-6-16-37(36)43/h3-31H,1-2H3. The highest BCUT2D eigenvalue weighted by Gasteiger charge is 2.36. The van der Waals surface area contributed by atoms with E-state index < -0.39 is 0 Å². The van der Waals surface area contributed by atoms with Crippen molar-refractivity contribution in [2.75, 3.05) is 4.90 Å². The second-order valence-corrected chi connectivity index (χ2v) is 15.6. The Hall–Kier alpha value is -7.10. The molecule has 3 nitrogen and oxygen atoms in total. The second kappa shape index (κ2) is 11.5. The van der Waals surface area contributed by atoms with Crippen molar-refractivity contribution in [2.45, 2.75) is 19.3 Å². The number of hydrogen-bond acceptors (Lipinski definition) is 3. The van der Waals surface area contributed by atoms with E-state index in [1.165, 1.54) is 43.8 Å². The van der Waals surface area contributed by atoms with Crippen LogP contribution in [-0.2, 0) is 5.41 Å². The van der Waals surface area contributed by atoms with E-state index in [0.29, 0.717) is 0 Å². The Bertz CT molecular complexity index is 3420. The van der Waals surface area contributed by atoms with Gasteiger partial charge in [-0.05, 0) is 104 Å². The zero-order valence-electron chi connectivity index (χ0n) is 31.0. The van der Waals surface area contributed by atoms with Crippen LogP contribution in [0.3, 0.4) is 0 Å². The molecule has 0 spiro atoms. The summed E-state index contributed by atoms with van der Waals surface area (Å²) in [7, 11) is 0. The van der Waals surface area contributed by atoms with Crippen LogP contribution in [0.5, 0.6) is 0 Å².